The molecule has 34 heavy (non-hydrogen) atoms. The summed E-state index contributed by atoms with van der Waals surface area (Å²) in [4.78, 5) is 13.0. The summed E-state index contributed by atoms with van der Waals surface area (Å²) in [7, 11) is 6.63. The molecule has 0 spiro atoms. The zero-order chi connectivity index (χ0) is 23.8. The van der Waals surface area contributed by atoms with Crippen molar-refractivity contribution in [1.29, 1.82) is 0 Å². The van der Waals surface area contributed by atoms with Crippen molar-refractivity contribution in [3.05, 3.63) is 35.9 Å². The maximum Gasteiger partial charge on any atom is 0.0236 e. The summed E-state index contributed by atoms with van der Waals surface area (Å²) in [5.74, 6) is 0. The molecule has 0 aromatic heterocycles. The highest BCUT2D eigenvalue weighted by atomic mass is 15.3. The molecule has 3 heterocycles. The van der Waals surface area contributed by atoms with E-state index in [0.717, 1.165) is 25.6 Å². The summed E-state index contributed by atoms with van der Waals surface area (Å²) >= 11 is 0. The van der Waals surface area contributed by atoms with Crippen molar-refractivity contribution in [1.82, 2.24) is 29.8 Å². The lowest BCUT2D eigenvalue weighted by atomic mass is 10.0. The van der Waals surface area contributed by atoms with Gasteiger partial charge in [0.15, 0.2) is 0 Å². The molecule has 4 rings (SSSR count). The van der Waals surface area contributed by atoms with Crippen molar-refractivity contribution in [3.8, 4) is 0 Å². The monoisotopic (exact) mass is 470 g/mol. The Balaban J connectivity index is 1.33. The van der Waals surface area contributed by atoms with Crippen LogP contribution >= 0.6 is 0 Å². The number of nitrogens with one attached hydrogen (secondary N) is 1. The minimum absolute atomic E-state index is 0.520. The van der Waals surface area contributed by atoms with Crippen molar-refractivity contribution in [3.63, 3.8) is 0 Å². The van der Waals surface area contributed by atoms with Crippen LogP contribution in [0.3, 0.4) is 0 Å². The summed E-state index contributed by atoms with van der Waals surface area (Å²) in [6.07, 6.45) is 6.54. The Morgan fingerprint density at radius 1 is 0.912 bits per heavy atom. The zero-order valence-corrected chi connectivity index (χ0v) is 22.2. The van der Waals surface area contributed by atoms with E-state index < -0.39 is 0 Å². The molecule has 0 amide bonds. The molecule has 0 bridgehead atoms. The lowest BCUT2D eigenvalue weighted by molar-refractivity contribution is 0.112. The number of likely N-dealkylation sites (N-methyl/N-ethyl adjacent to an activating group) is 2. The van der Waals surface area contributed by atoms with Crippen molar-refractivity contribution in [2.45, 2.75) is 50.2 Å². The third kappa shape index (κ3) is 8.00. The van der Waals surface area contributed by atoms with E-state index in [1.165, 1.54) is 90.1 Å². The number of rotatable bonds is 12. The Hall–Kier alpha value is -1.02. The van der Waals surface area contributed by atoms with Crippen LogP contribution in [0, 0.1) is 0 Å². The second kappa shape index (κ2) is 13.3. The Morgan fingerprint density at radius 2 is 1.62 bits per heavy atom. The largest absolute Gasteiger partial charge is 0.311 e. The molecule has 0 unspecified atom stereocenters. The standard InChI is InChI=1S/C28H50N6/c1-30(2)15-20-33-13-7-11-27(33)22-29-26(21-25-9-5-4-6-10-25)23-34-14-8-12-28(34)24-32-18-16-31(3)17-19-32/h4-6,9-10,26-29H,7-8,11-24H2,1-3H3/t26-,27-,28-/m0/s1. The summed E-state index contributed by atoms with van der Waals surface area (Å²) in [5, 5.41) is 4.07. The van der Waals surface area contributed by atoms with Gasteiger partial charge in [0, 0.05) is 77.0 Å². The summed E-state index contributed by atoms with van der Waals surface area (Å²) in [6.45, 7) is 13.4. The molecule has 3 atom stereocenters. The molecule has 6 nitrogen and oxygen atoms in total. The van der Waals surface area contributed by atoms with Crippen LogP contribution in [0.1, 0.15) is 31.2 Å². The molecule has 3 aliphatic rings. The Morgan fingerprint density at radius 3 is 2.35 bits per heavy atom. The Labute approximate surface area is 209 Å². The molecular formula is C28H50N6. The molecule has 1 aromatic carbocycles. The van der Waals surface area contributed by atoms with Crippen molar-refractivity contribution < 1.29 is 0 Å². The minimum Gasteiger partial charge on any atom is -0.311 e. The van der Waals surface area contributed by atoms with Crippen LogP contribution in [-0.2, 0) is 6.42 Å². The molecule has 0 aliphatic carbocycles. The fourth-order valence-electron chi connectivity index (χ4n) is 6.11. The quantitative estimate of drug-likeness (QED) is 0.502. The van der Waals surface area contributed by atoms with Gasteiger partial charge in [-0.1, -0.05) is 30.3 Å². The average Bonchev–Trinajstić information content (AvgIpc) is 3.47. The number of hydrogen-bond donors (Lipinski definition) is 1. The van der Waals surface area contributed by atoms with Crippen LogP contribution in [-0.4, -0.2) is 136 Å². The van der Waals surface area contributed by atoms with Crippen LogP contribution in [0.4, 0.5) is 0 Å². The zero-order valence-electron chi connectivity index (χ0n) is 22.2. The van der Waals surface area contributed by atoms with E-state index in [4.69, 9.17) is 0 Å². The molecule has 1 aromatic rings. The second-order valence-electron chi connectivity index (χ2n) is 11.3. The molecule has 6 heteroatoms. The lowest BCUT2D eigenvalue weighted by Crippen LogP contribution is -2.52. The van der Waals surface area contributed by atoms with Gasteiger partial charge in [0.2, 0.25) is 0 Å². The van der Waals surface area contributed by atoms with Gasteiger partial charge >= 0.3 is 0 Å². The smallest absolute Gasteiger partial charge is 0.0236 e. The molecule has 192 valence electrons. The van der Waals surface area contributed by atoms with Crippen molar-refractivity contribution in [2.24, 2.45) is 0 Å². The van der Waals surface area contributed by atoms with Gasteiger partial charge in [0.05, 0.1) is 0 Å². The lowest BCUT2D eigenvalue weighted by Gasteiger charge is -2.37. The van der Waals surface area contributed by atoms with E-state index in [1.807, 2.05) is 0 Å². The van der Waals surface area contributed by atoms with Gasteiger partial charge in [-0.2, -0.15) is 0 Å². The summed E-state index contributed by atoms with van der Waals surface area (Å²) < 4.78 is 0. The van der Waals surface area contributed by atoms with Gasteiger partial charge in [0.25, 0.3) is 0 Å². The van der Waals surface area contributed by atoms with Gasteiger partial charge in [0.1, 0.15) is 0 Å². The van der Waals surface area contributed by atoms with Crippen molar-refractivity contribution >= 4 is 0 Å². The van der Waals surface area contributed by atoms with Crippen LogP contribution in [0.2, 0.25) is 0 Å². The predicted octanol–water partition coefficient (Wildman–Crippen LogP) is 1.93. The fraction of sp³-hybridized carbons (Fsp3) is 0.786. The minimum atomic E-state index is 0.520. The van der Waals surface area contributed by atoms with E-state index >= 15 is 0 Å². The molecular weight excluding hydrogens is 420 g/mol. The first-order chi connectivity index (χ1) is 16.6. The third-order valence-electron chi connectivity index (χ3n) is 8.32. The van der Waals surface area contributed by atoms with Gasteiger partial charge in [-0.15, -0.1) is 0 Å². The molecule has 3 saturated heterocycles. The maximum atomic E-state index is 4.07. The highest BCUT2D eigenvalue weighted by Crippen LogP contribution is 2.21. The highest BCUT2D eigenvalue weighted by Gasteiger charge is 2.30. The van der Waals surface area contributed by atoms with E-state index in [2.05, 4.69) is 81.3 Å². The highest BCUT2D eigenvalue weighted by molar-refractivity contribution is 5.16. The van der Waals surface area contributed by atoms with Crippen molar-refractivity contribution in [2.75, 3.05) is 93.1 Å². The van der Waals surface area contributed by atoms with E-state index in [-0.39, 0.29) is 0 Å². The number of likely N-dealkylation sites (tertiary alicyclic amines) is 2. The average molecular weight is 471 g/mol. The Kier molecular flexibility index (Phi) is 10.2. The van der Waals surface area contributed by atoms with Crippen LogP contribution < -0.4 is 5.32 Å². The first-order valence-corrected chi connectivity index (χ1v) is 13.9. The number of nitrogens with zero attached hydrogens (tertiary/aromatic N) is 5. The molecule has 1 N–H and O–H groups in total. The van der Waals surface area contributed by atoms with E-state index in [0.29, 0.717) is 12.1 Å². The number of hydrogen-bond acceptors (Lipinski definition) is 6. The second-order valence-corrected chi connectivity index (χ2v) is 11.3. The van der Waals surface area contributed by atoms with Crippen LogP contribution in [0.15, 0.2) is 30.3 Å². The normalized spacial score (nSPS) is 26.6. The summed E-state index contributed by atoms with van der Waals surface area (Å²) in [5.41, 5.74) is 1.46. The Bertz CT molecular complexity index is 689. The predicted molar refractivity (Wildman–Crippen MR) is 144 cm³/mol. The van der Waals surface area contributed by atoms with Crippen LogP contribution in [0.5, 0.6) is 0 Å². The number of piperazine rings is 1. The maximum absolute atomic E-state index is 4.07. The van der Waals surface area contributed by atoms with E-state index in [1.54, 1.807) is 0 Å². The fourth-order valence-corrected chi connectivity index (χ4v) is 6.11. The van der Waals surface area contributed by atoms with E-state index in [9.17, 15) is 0 Å². The van der Waals surface area contributed by atoms with Crippen LogP contribution in [0.25, 0.3) is 0 Å². The summed E-state index contributed by atoms with van der Waals surface area (Å²) in [6, 6.07) is 13.1. The first-order valence-electron chi connectivity index (χ1n) is 13.9. The first kappa shape index (κ1) is 26.1. The topological polar surface area (TPSA) is 28.2 Å². The molecule has 0 radical (unpaired) electrons. The molecule has 3 aliphatic heterocycles. The van der Waals surface area contributed by atoms with Gasteiger partial charge in [-0.05, 0) is 71.9 Å². The molecule has 3 fully saturated rings. The molecule has 0 saturated carbocycles. The van der Waals surface area contributed by atoms with Gasteiger partial charge in [-0.25, -0.2) is 0 Å². The third-order valence-corrected chi connectivity index (χ3v) is 8.32. The SMILES string of the molecule is CN(C)CCN1CCC[C@H]1CN[C@@H](Cc1ccccc1)CN1CCC[C@H]1CN1CCN(C)CC1. The van der Waals surface area contributed by atoms with Gasteiger partial charge < -0.3 is 15.1 Å². The van der Waals surface area contributed by atoms with Gasteiger partial charge in [-0.3, -0.25) is 14.7 Å². The number of benzene rings is 1.